The molecule has 0 aromatic heterocycles. The fourth-order valence-corrected chi connectivity index (χ4v) is 21.9. The molecule has 0 aliphatic carbocycles. The lowest BCUT2D eigenvalue weighted by atomic mass is 10.6. The van der Waals surface area contributed by atoms with Crippen molar-refractivity contribution in [2.75, 3.05) is 0 Å². The first-order chi connectivity index (χ1) is 7.95. The Bertz CT molecular complexity index is 166. The van der Waals surface area contributed by atoms with Crippen LogP contribution in [0.3, 0.4) is 0 Å². The van der Waals surface area contributed by atoms with Crippen LogP contribution in [0.2, 0.25) is 29.8 Å². The molecule has 0 saturated carbocycles. The van der Waals surface area contributed by atoms with Crippen molar-refractivity contribution in [1.29, 1.82) is 0 Å². The van der Waals surface area contributed by atoms with E-state index in [4.69, 9.17) is 22.2 Å². The Labute approximate surface area is 120 Å². The average Bonchev–Trinajstić information content (AvgIpc) is 2.17. The number of rotatable bonds is 10. The summed E-state index contributed by atoms with van der Waals surface area (Å²) in [6.45, 7) is 9.04. The molecule has 0 fully saturated rings. The molecule has 0 atom stereocenters. The smallest absolute Gasteiger partial charge is 0.155 e. The van der Waals surface area contributed by atoms with E-state index in [-0.39, 0.29) is 0 Å². The summed E-state index contributed by atoms with van der Waals surface area (Å²) in [6.07, 6.45) is 4.93. The van der Waals surface area contributed by atoms with Crippen LogP contribution in [0.1, 0.15) is 53.4 Å². The lowest BCUT2D eigenvalue weighted by Crippen LogP contribution is -2.40. The molecule has 0 bridgehead atoms. The quantitative estimate of drug-likeness (QED) is 0.317. The van der Waals surface area contributed by atoms with Crippen LogP contribution in [-0.4, -0.2) is 14.8 Å². The van der Waals surface area contributed by atoms with E-state index in [1.165, 1.54) is 55.5 Å². The van der Waals surface area contributed by atoms with E-state index in [1.807, 2.05) is 0 Å². The van der Waals surface area contributed by atoms with E-state index in [0.717, 1.165) is 0 Å². The molecule has 0 aliphatic heterocycles. The number of halogens is 2. The molecule has 0 amide bonds. The summed E-state index contributed by atoms with van der Waals surface area (Å²) in [5.74, 6) is 0. The second-order valence-corrected chi connectivity index (χ2v) is 18.3. The van der Waals surface area contributed by atoms with Crippen LogP contribution in [0.5, 0.6) is 0 Å². The van der Waals surface area contributed by atoms with Gasteiger partial charge in [-0.15, -0.1) is 0 Å². The molecular weight excluding hydrogens is 283 g/mol. The average molecular weight is 313 g/mol. The lowest BCUT2D eigenvalue weighted by Gasteiger charge is -2.33. The molecule has 0 heterocycles. The zero-order chi connectivity index (χ0) is 13.4. The zero-order valence-corrected chi connectivity index (χ0v) is 15.6. The van der Waals surface area contributed by atoms with Gasteiger partial charge in [-0.25, -0.2) is 0 Å². The zero-order valence-electron chi connectivity index (χ0n) is 12.1. The van der Waals surface area contributed by atoms with Gasteiger partial charge in [-0.1, -0.05) is 53.4 Å². The minimum Gasteiger partial charge on any atom is -0.167 e. The van der Waals surface area contributed by atoms with Crippen LogP contribution < -0.4 is 0 Å². The molecule has 0 saturated heterocycles. The molecule has 4 heteroatoms. The van der Waals surface area contributed by atoms with Gasteiger partial charge in [0.05, 0.1) is 0 Å². The van der Waals surface area contributed by atoms with Crippen molar-refractivity contribution in [2.24, 2.45) is 0 Å². The highest BCUT2D eigenvalue weighted by molar-refractivity contribution is 7.33. The largest absolute Gasteiger partial charge is 0.167 e. The normalized spacial score (nSPS) is 13.1. The van der Waals surface area contributed by atoms with E-state index in [2.05, 4.69) is 27.7 Å². The van der Waals surface area contributed by atoms with Gasteiger partial charge >= 0.3 is 0 Å². The van der Waals surface area contributed by atoms with Gasteiger partial charge < -0.3 is 0 Å². The van der Waals surface area contributed by atoms with Gasteiger partial charge in [-0.3, -0.25) is 0 Å². The summed E-state index contributed by atoms with van der Waals surface area (Å²) in [7, 11) is -3.11. The van der Waals surface area contributed by atoms with Gasteiger partial charge in [0.15, 0.2) is 14.8 Å². The Morgan fingerprint density at radius 2 is 0.824 bits per heavy atom. The van der Waals surface area contributed by atoms with Gasteiger partial charge in [0.1, 0.15) is 0 Å². The molecule has 0 aromatic rings. The number of hydrogen-bond acceptors (Lipinski definition) is 0. The minimum atomic E-state index is -1.56. The first-order valence-electron chi connectivity index (χ1n) is 7.33. The summed E-state index contributed by atoms with van der Waals surface area (Å²) in [5, 5.41) is 0. The van der Waals surface area contributed by atoms with Crippen molar-refractivity contribution < 1.29 is 0 Å². The standard InChI is InChI=1S/C13H30Cl2Si2/c1-5-9-16(14,10-6-2)13-17(15,11-7-3)12-8-4/h5-13H2,1-4H3. The minimum absolute atomic E-state index is 1.23. The third kappa shape index (κ3) is 7.24. The van der Waals surface area contributed by atoms with Crippen LogP contribution in [0, 0.1) is 0 Å². The van der Waals surface area contributed by atoms with Crippen LogP contribution in [0.15, 0.2) is 0 Å². The van der Waals surface area contributed by atoms with E-state index >= 15 is 0 Å². The molecule has 104 valence electrons. The van der Waals surface area contributed by atoms with Crippen LogP contribution in [0.25, 0.3) is 0 Å². The molecule has 0 unspecified atom stereocenters. The van der Waals surface area contributed by atoms with E-state index < -0.39 is 14.8 Å². The van der Waals surface area contributed by atoms with Gasteiger partial charge in [0.25, 0.3) is 0 Å². The third-order valence-electron chi connectivity index (χ3n) is 3.43. The van der Waals surface area contributed by atoms with Gasteiger partial charge in [0, 0.05) is 0 Å². The molecule has 0 radical (unpaired) electrons. The van der Waals surface area contributed by atoms with Crippen molar-refractivity contribution in [3.8, 4) is 0 Å². The maximum Gasteiger partial charge on any atom is 0.155 e. The summed E-state index contributed by atoms with van der Waals surface area (Å²) >= 11 is 14.0. The molecule has 0 aliphatic rings. The Morgan fingerprint density at radius 3 is 1.00 bits per heavy atom. The molecule has 0 spiro atoms. The monoisotopic (exact) mass is 312 g/mol. The second-order valence-electron chi connectivity index (χ2n) is 5.48. The second kappa shape index (κ2) is 9.00. The molecule has 17 heavy (non-hydrogen) atoms. The maximum atomic E-state index is 6.98. The Kier molecular flexibility index (Phi) is 9.54. The van der Waals surface area contributed by atoms with Crippen molar-refractivity contribution in [3.63, 3.8) is 0 Å². The highest BCUT2D eigenvalue weighted by Crippen LogP contribution is 2.39. The van der Waals surface area contributed by atoms with E-state index in [0.29, 0.717) is 0 Å². The van der Waals surface area contributed by atoms with Crippen molar-refractivity contribution >= 4 is 36.9 Å². The predicted molar refractivity (Wildman–Crippen MR) is 88.4 cm³/mol. The predicted octanol–water partition coefficient (Wildman–Crippen LogP) is 6.53. The van der Waals surface area contributed by atoms with E-state index in [9.17, 15) is 0 Å². The maximum absolute atomic E-state index is 6.98. The first kappa shape index (κ1) is 18.0. The van der Waals surface area contributed by atoms with Crippen LogP contribution in [-0.2, 0) is 0 Å². The Morgan fingerprint density at radius 1 is 0.588 bits per heavy atom. The fourth-order valence-electron chi connectivity index (χ4n) is 2.96. The molecule has 0 aromatic carbocycles. The highest BCUT2D eigenvalue weighted by Gasteiger charge is 2.40. The van der Waals surface area contributed by atoms with Gasteiger partial charge in [-0.05, 0) is 29.8 Å². The van der Waals surface area contributed by atoms with Gasteiger partial charge in [-0.2, -0.15) is 22.2 Å². The summed E-state index contributed by atoms with van der Waals surface area (Å²) < 4.78 is 0. The Hall–Kier alpha value is 1.01. The molecule has 0 rings (SSSR count). The van der Waals surface area contributed by atoms with E-state index in [1.54, 1.807) is 0 Å². The first-order valence-corrected chi connectivity index (χ1v) is 14.6. The van der Waals surface area contributed by atoms with Crippen molar-refractivity contribution in [3.05, 3.63) is 0 Å². The fraction of sp³-hybridized carbons (Fsp3) is 1.00. The summed E-state index contributed by atoms with van der Waals surface area (Å²) in [5.41, 5.74) is 1.24. The summed E-state index contributed by atoms with van der Waals surface area (Å²) in [6, 6.07) is 5.04. The highest BCUT2D eigenvalue weighted by atomic mass is 35.6. The molecular formula is C13H30Cl2Si2. The molecule has 0 nitrogen and oxygen atoms in total. The topological polar surface area (TPSA) is 0 Å². The summed E-state index contributed by atoms with van der Waals surface area (Å²) in [4.78, 5) is 0. The van der Waals surface area contributed by atoms with Crippen molar-refractivity contribution in [2.45, 2.75) is 83.2 Å². The third-order valence-corrected chi connectivity index (χ3v) is 18.8. The van der Waals surface area contributed by atoms with Gasteiger partial charge in [0.2, 0.25) is 0 Å². The molecule has 0 N–H and O–H groups in total. The van der Waals surface area contributed by atoms with Crippen molar-refractivity contribution in [1.82, 2.24) is 0 Å². The SMILES string of the molecule is CCC[Si](Cl)(CCC)C[Si](Cl)(CCC)CCC. The van der Waals surface area contributed by atoms with Crippen LogP contribution >= 0.6 is 22.2 Å². The van der Waals surface area contributed by atoms with Crippen LogP contribution in [0.4, 0.5) is 0 Å². The Balaban J connectivity index is 4.65. The number of hydrogen-bond donors (Lipinski definition) is 0. The lowest BCUT2D eigenvalue weighted by molar-refractivity contribution is 0.972.